The number of methoxy groups -OCH3 is 1. The summed E-state index contributed by atoms with van der Waals surface area (Å²) in [6.45, 7) is 2.77. The highest BCUT2D eigenvalue weighted by Crippen LogP contribution is 2.36. The van der Waals surface area contributed by atoms with Crippen molar-refractivity contribution in [3.63, 3.8) is 0 Å². The molecule has 1 saturated heterocycles. The summed E-state index contributed by atoms with van der Waals surface area (Å²) < 4.78 is 28.8. The molecule has 21 heavy (non-hydrogen) atoms. The standard InChI is InChI=1S/C13H16N2O4S2/c1-13(2)12(16)15(21(13,17)18)7-8-4-5-9(11(14)20)10(6-8)19-3/h4-6H,7H2,1-3H3,(H2,14,20). The zero-order valence-corrected chi connectivity index (χ0v) is 13.5. The van der Waals surface area contributed by atoms with Crippen LogP contribution in [-0.2, 0) is 21.4 Å². The molecule has 1 aromatic carbocycles. The molecule has 1 aliphatic rings. The Kier molecular flexibility index (Phi) is 3.71. The molecule has 0 spiro atoms. The van der Waals surface area contributed by atoms with Gasteiger partial charge in [-0.15, -0.1) is 0 Å². The number of rotatable bonds is 4. The van der Waals surface area contributed by atoms with Gasteiger partial charge in [0.25, 0.3) is 15.9 Å². The lowest BCUT2D eigenvalue weighted by molar-refractivity contribution is -0.132. The zero-order valence-electron chi connectivity index (χ0n) is 11.9. The van der Waals surface area contributed by atoms with Crippen molar-refractivity contribution in [1.29, 1.82) is 0 Å². The highest BCUT2D eigenvalue weighted by molar-refractivity contribution is 7.94. The van der Waals surface area contributed by atoms with Gasteiger partial charge in [0.2, 0.25) is 0 Å². The monoisotopic (exact) mass is 328 g/mol. The minimum absolute atomic E-state index is 0.0292. The van der Waals surface area contributed by atoms with Crippen molar-refractivity contribution >= 4 is 33.1 Å². The quantitative estimate of drug-likeness (QED) is 0.822. The maximum Gasteiger partial charge on any atom is 0.259 e. The van der Waals surface area contributed by atoms with Crippen LogP contribution in [0.3, 0.4) is 0 Å². The van der Waals surface area contributed by atoms with E-state index in [1.54, 1.807) is 18.2 Å². The van der Waals surface area contributed by atoms with E-state index in [0.717, 1.165) is 4.31 Å². The second-order valence-corrected chi connectivity index (χ2v) is 8.08. The van der Waals surface area contributed by atoms with Crippen molar-refractivity contribution in [3.8, 4) is 5.75 Å². The first-order valence-electron chi connectivity index (χ1n) is 6.16. The Labute approximate surface area is 128 Å². The minimum atomic E-state index is -3.60. The molecule has 2 rings (SSSR count). The molecule has 2 N–H and O–H groups in total. The summed E-state index contributed by atoms with van der Waals surface area (Å²) >= 11 is 4.90. The predicted molar refractivity (Wildman–Crippen MR) is 82.4 cm³/mol. The van der Waals surface area contributed by atoms with Crippen molar-refractivity contribution in [2.24, 2.45) is 5.73 Å². The Morgan fingerprint density at radius 2 is 2.05 bits per heavy atom. The molecule has 114 valence electrons. The smallest absolute Gasteiger partial charge is 0.259 e. The van der Waals surface area contributed by atoms with Gasteiger partial charge in [-0.25, -0.2) is 12.7 Å². The average molecular weight is 328 g/mol. The molecule has 0 aliphatic carbocycles. The normalized spacial score (nSPS) is 19.0. The number of nitrogens with two attached hydrogens (primary N) is 1. The van der Waals surface area contributed by atoms with E-state index in [-0.39, 0.29) is 11.5 Å². The van der Waals surface area contributed by atoms with Crippen LogP contribution in [0.15, 0.2) is 18.2 Å². The number of thiocarbonyl (C=S) groups is 1. The maximum absolute atomic E-state index is 12.0. The SMILES string of the molecule is COc1cc(CN2C(=O)C(C)(C)S2(=O)=O)ccc1C(N)=S. The lowest BCUT2D eigenvalue weighted by Gasteiger charge is -2.43. The van der Waals surface area contributed by atoms with Crippen LogP contribution in [0, 0.1) is 0 Å². The molecule has 8 heteroatoms. The summed E-state index contributed by atoms with van der Waals surface area (Å²) in [6, 6.07) is 4.95. The molecule has 6 nitrogen and oxygen atoms in total. The summed E-state index contributed by atoms with van der Waals surface area (Å²) in [6.07, 6.45) is 0. The molecule has 0 saturated carbocycles. The van der Waals surface area contributed by atoms with Crippen LogP contribution in [0.2, 0.25) is 0 Å². The fourth-order valence-corrected chi connectivity index (χ4v) is 3.80. The number of ether oxygens (including phenoxy) is 1. The van der Waals surface area contributed by atoms with Gasteiger partial charge in [0.05, 0.1) is 19.2 Å². The molecule has 1 aromatic rings. The first-order chi connectivity index (χ1) is 9.62. The van der Waals surface area contributed by atoms with Gasteiger partial charge >= 0.3 is 0 Å². The second-order valence-electron chi connectivity index (χ2n) is 5.23. The molecule has 1 fully saturated rings. The Morgan fingerprint density at radius 1 is 1.43 bits per heavy atom. The molecule has 0 aromatic heterocycles. The molecular weight excluding hydrogens is 312 g/mol. The lowest BCUT2D eigenvalue weighted by Crippen LogP contribution is -2.66. The fourth-order valence-electron chi connectivity index (χ4n) is 2.12. The highest BCUT2D eigenvalue weighted by atomic mass is 32.2. The largest absolute Gasteiger partial charge is 0.496 e. The van der Waals surface area contributed by atoms with Crippen LogP contribution in [0.4, 0.5) is 0 Å². The Balaban J connectivity index is 2.30. The molecule has 0 unspecified atom stereocenters. The number of carbonyl (C=O) groups excluding carboxylic acids is 1. The molecule has 0 radical (unpaired) electrons. The number of carbonyl (C=O) groups is 1. The topological polar surface area (TPSA) is 89.7 Å². The number of hydrogen-bond donors (Lipinski definition) is 1. The number of amides is 1. The van der Waals surface area contributed by atoms with E-state index in [1.165, 1.54) is 21.0 Å². The van der Waals surface area contributed by atoms with Crippen molar-refractivity contribution in [3.05, 3.63) is 29.3 Å². The Morgan fingerprint density at radius 3 is 2.52 bits per heavy atom. The van der Waals surface area contributed by atoms with Crippen LogP contribution in [0.25, 0.3) is 0 Å². The maximum atomic E-state index is 12.0. The van der Waals surface area contributed by atoms with E-state index in [9.17, 15) is 13.2 Å². The third kappa shape index (κ3) is 2.28. The molecular formula is C13H16N2O4S2. The Bertz CT molecular complexity index is 726. The van der Waals surface area contributed by atoms with Crippen LogP contribution in [-0.4, -0.2) is 35.5 Å². The summed E-state index contributed by atoms with van der Waals surface area (Å²) in [7, 11) is -2.13. The summed E-state index contributed by atoms with van der Waals surface area (Å²) in [5.74, 6) is 0.0320. The van der Waals surface area contributed by atoms with Gasteiger partial charge in [0.1, 0.15) is 10.7 Å². The van der Waals surface area contributed by atoms with Crippen molar-refractivity contribution < 1.29 is 17.9 Å². The van der Waals surface area contributed by atoms with Gasteiger partial charge in [-0.2, -0.15) is 0 Å². The number of sulfonamides is 1. The number of benzene rings is 1. The van der Waals surface area contributed by atoms with Crippen LogP contribution < -0.4 is 10.5 Å². The van der Waals surface area contributed by atoms with Gasteiger partial charge in [0.15, 0.2) is 4.75 Å². The summed E-state index contributed by atoms with van der Waals surface area (Å²) in [4.78, 5) is 12.1. The number of hydrogen-bond acceptors (Lipinski definition) is 5. The van der Waals surface area contributed by atoms with Gasteiger partial charge in [-0.1, -0.05) is 18.3 Å². The Hall–Kier alpha value is -1.67. The molecule has 0 bridgehead atoms. The summed E-state index contributed by atoms with van der Waals surface area (Å²) in [5.41, 5.74) is 6.76. The van der Waals surface area contributed by atoms with Gasteiger partial charge < -0.3 is 10.5 Å². The van der Waals surface area contributed by atoms with Crippen molar-refractivity contribution in [2.45, 2.75) is 25.1 Å². The fraction of sp³-hybridized carbons (Fsp3) is 0.385. The van der Waals surface area contributed by atoms with Crippen molar-refractivity contribution in [1.82, 2.24) is 4.31 Å². The predicted octanol–water partition coefficient (Wildman–Crippen LogP) is 0.780. The third-order valence-electron chi connectivity index (χ3n) is 3.53. The first-order valence-corrected chi connectivity index (χ1v) is 8.01. The lowest BCUT2D eigenvalue weighted by atomic mass is 10.1. The van der Waals surface area contributed by atoms with Gasteiger partial charge in [-0.05, 0) is 31.5 Å². The molecule has 1 amide bonds. The van der Waals surface area contributed by atoms with E-state index < -0.39 is 20.7 Å². The van der Waals surface area contributed by atoms with Crippen molar-refractivity contribution in [2.75, 3.05) is 7.11 Å². The van der Waals surface area contributed by atoms with E-state index >= 15 is 0 Å². The summed E-state index contributed by atoms with van der Waals surface area (Å²) in [5, 5.41) is 0. The number of nitrogens with zero attached hydrogens (tertiary/aromatic N) is 1. The van der Waals surface area contributed by atoms with E-state index in [0.29, 0.717) is 16.9 Å². The van der Waals surface area contributed by atoms with Gasteiger partial charge in [-0.3, -0.25) is 4.79 Å². The third-order valence-corrected chi connectivity index (χ3v) is 6.09. The van der Waals surface area contributed by atoms with E-state index in [4.69, 9.17) is 22.7 Å². The van der Waals surface area contributed by atoms with E-state index in [2.05, 4.69) is 0 Å². The highest BCUT2D eigenvalue weighted by Gasteiger charge is 2.59. The van der Waals surface area contributed by atoms with Crippen LogP contribution >= 0.6 is 12.2 Å². The van der Waals surface area contributed by atoms with Gasteiger partial charge in [0, 0.05) is 0 Å². The average Bonchev–Trinajstić information content (AvgIpc) is 2.43. The van der Waals surface area contributed by atoms with E-state index in [1.807, 2.05) is 0 Å². The molecule has 1 heterocycles. The first kappa shape index (κ1) is 15.7. The van der Waals surface area contributed by atoms with Crippen LogP contribution in [0.5, 0.6) is 5.75 Å². The second kappa shape index (κ2) is 4.96. The van der Waals surface area contributed by atoms with Crippen LogP contribution in [0.1, 0.15) is 25.0 Å². The molecule has 0 atom stereocenters. The molecule has 1 aliphatic heterocycles. The zero-order chi connectivity index (χ0) is 16.0. The minimum Gasteiger partial charge on any atom is -0.496 e.